The van der Waals surface area contributed by atoms with Crippen LogP contribution in [0.4, 0.5) is 0 Å². The zero-order valence-corrected chi connectivity index (χ0v) is 22.1. The summed E-state index contributed by atoms with van der Waals surface area (Å²) in [7, 11) is 1.70. The van der Waals surface area contributed by atoms with Crippen molar-refractivity contribution in [1.29, 1.82) is 0 Å². The van der Waals surface area contributed by atoms with Crippen molar-refractivity contribution in [1.82, 2.24) is 0 Å². The molecule has 1 aliphatic carbocycles. The van der Waals surface area contributed by atoms with Crippen LogP contribution in [0.15, 0.2) is 85.5 Å². The van der Waals surface area contributed by atoms with Crippen LogP contribution >= 0.6 is 0 Å². The zero-order chi connectivity index (χ0) is 25.1. The average Bonchev–Trinajstić information content (AvgIpc) is 3.14. The van der Waals surface area contributed by atoms with Gasteiger partial charge in [0.2, 0.25) is 5.69 Å². The summed E-state index contributed by atoms with van der Waals surface area (Å²) in [5.74, 6) is 0.871. The molecule has 0 aliphatic heterocycles. The van der Waals surface area contributed by atoms with Crippen LogP contribution in [0, 0.1) is 0 Å². The van der Waals surface area contributed by atoms with E-state index in [-0.39, 0.29) is 5.41 Å². The van der Waals surface area contributed by atoms with E-state index in [1.54, 1.807) is 7.11 Å². The van der Waals surface area contributed by atoms with Gasteiger partial charge in [0.15, 0.2) is 24.8 Å². The van der Waals surface area contributed by atoms with Gasteiger partial charge in [0.25, 0.3) is 0 Å². The molecule has 0 spiro atoms. The van der Waals surface area contributed by atoms with Crippen LogP contribution in [0.25, 0.3) is 27.9 Å². The van der Waals surface area contributed by atoms with E-state index in [2.05, 4.69) is 103 Å². The molecule has 36 heavy (non-hydrogen) atoms. The number of aromatic nitrogens is 2. The van der Waals surface area contributed by atoms with Gasteiger partial charge in [0.05, 0.1) is 7.11 Å². The number of pyridine rings is 2. The molecule has 0 bridgehead atoms. The van der Waals surface area contributed by atoms with Crippen molar-refractivity contribution in [3.63, 3.8) is 0 Å². The molecule has 184 valence electrons. The van der Waals surface area contributed by atoms with E-state index >= 15 is 0 Å². The van der Waals surface area contributed by atoms with Gasteiger partial charge in [-0.2, -0.15) is 4.57 Å². The largest absolute Gasteiger partial charge is 0.497 e. The smallest absolute Gasteiger partial charge is 0.210 e. The number of nitrogens with zero attached hydrogens (tertiary/aromatic N) is 2. The van der Waals surface area contributed by atoms with Crippen molar-refractivity contribution in [2.75, 3.05) is 7.11 Å². The molecule has 0 radical (unpaired) electrons. The van der Waals surface area contributed by atoms with E-state index in [1.807, 2.05) is 12.1 Å². The molecule has 4 aromatic rings. The van der Waals surface area contributed by atoms with Gasteiger partial charge in [-0.05, 0) is 52.4 Å². The van der Waals surface area contributed by atoms with Gasteiger partial charge in [0, 0.05) is 47.7 Å². The Balaban J connectivity index is 1.37. The van der Waals surface area contributed by atoms with E-state index < -0.39 is 0 Å². The minimum atomic E-state index is -0.0102. The van der Waals surface area contributed by atoms with Crippen molar-refractivity contribution in [2.24, 2.45) is 0 Å². The van der Waals surface area contributed by atoms with Gasteiger partial charge in [-0.1, -0.05) is 52.2 Å². The number of fused-ring (bicyclic) bond motifs is 3. The Kier molecular flexibility index (Phi) is 6.91. The Morgan fingerprint density at radius 1 is 0.722 bits per heavy atom. The molecule has 1 aliphatic rings. The Morgan fingerprint density at radius 3 is 2.17 bits per heavy atom. The maximum atomic E-state index is 5.28. The van der Waals surface area contributed by atoms with E-state index in [4.69, 9.17) is 4.74 Å². The van der Waals surface area contributed by atoms with Crippen LogP contribution in [-0.4, -0.2) is 7.11 Å². The number of benzene rings is 2. The minimum Gasteiger partial charge on any atom is -0.497 e. The number of rotatable bonds is 9. The standard InChI is InChI=1S/C33H38N2O/c1-5-6-7-8-9-19-34-20-18-30-29-15-10-26(23-31(29)33(2,3)32(30)24-34)25-16-21-35(22-17-25)27-11-13-28(36-4)14-12-27/h10-18,20-24H,5-9,19H2,1-4H3/q+2. The summed E-state index contributed by atoms with van der Waals surface area (Å²) in [5.41, 5.74) is 9.22. The van der Waals surface area contributed by atoms with E-state index in [1.165, 1.54) is 65.5 Å². The van der Waals surface area contributed by atoms with Crippen molar-refractivity contribution < 1.29 is 13.9 Å². The molecule has 0 atom stereocenters. The summed E-state index contributed by atoms with van der Waals surface area (Å²) in [6.45, 7) is 8.12. The maximum Gasteiger partial charge on any atom is 0.210 e. The lowest BCUT2D eigenvalue weighted by molar-refractivity contribution is -0.697. The lowest BCUT2D eigenvalue weighted by Crippen LogP contribution is -2.34. The first-order valence-electron chi connectivity index (χ1n) is 13.4. The molecular weight excluding hydrogens is 440 g/mol. The van der Waals surface area contributed by atoms with Gasteiger partial charge >= 0.3 is 0 Å². The highest BCUT2D eigenvalue weighted by Crippen LogP contribution is 2.48. The number of unbranched alkanes of at least 4 members (excludes halogenated alkanes) is 4. The van der Waals surface area contributed by atoms with Crippen LogP contribution < -0.4 is 13.9 Å². The van der Waals surface area contributed by atoms with Gasteiger partial charge < -0.3 is 4.74 Å². The summed E-state index contributed by atoms with van der Waals surface area (Å²) >= 11 is 0. The number of ether oxygens (including phenoxy) is 1. The number of hydrogen-bond acceptors (Lipinski definition) is 1. The fourth-order valence-electron chi connectivity index (χ4n) is 5.47. The van der Waals surface area contributed by atoms with Crippen LogP contribution in [0.3, 0.4) is 0 Å². The lowest BCUT2D eigenvalue weighted by Gasteiger charge is -2.20. The molecule has 0 fully saturated rings. The Bertz CT molecular complexity index is 1340. The second kappa shape index (κ2) is 10.3. The third-order valence-corrected chi connectivity index (χ3v) is 7.73. The highest BCUT2D eigenvalue weighted by atomic mass is 16.5. The SMILES string of the molecule is CCCCCCC[n+]1ccc2c(c1)C(C)(C)c1cc(-c3cc[n+](-c4ccc(OC)cc4)cc3)ccc1-2. The third-order valence-electron chi connectivity index (χ3n) is 7.73. The molecule has 0 saturated heterocycles. The first kappa shape index (κ1) is 24.2. The van der Waals surface area contributed by atoms with Gasteiger partial charge in [-0.25, -0.2) is 4.57 Å². The summed E-state index contributed by atoms with van der Waals surface area (Å²) in [6, 6.07) is 21.9. The first-order valence-corrected chi connectivity index (χ1v) is 13.4. The Labute approximate surface area is 216 Å². The molecular formula is C33H38N2O+2. The molecule has 0 unspecified atom stereocenters. The molecule has 0 amide bonds. The predicted octanol–water partition coefficient (Wildman–Crippen LogP) is 7.20. The summed E-state index contributed by atoms with van der Waals surface area (Å²) in [4.78, 5) is 0. The number of hydrogen-bond donors (Lipinski definition) is 0. The molecule has 3 nitrogen and oxygen atoms in total. The van der Waals surface area contributed by atoms with Crippen molar-refractivity contribution in [2.45, 2.75) is 64.8 Å². The van der Waals surface area contributed by atoms with Crippen molar-refractivity contribution in [3.05, 3.63) is 96.6 Å². The quantitative estimate of drug-likeness (QED) is 0.184. The highest BCUT2D eigenvalue weighted by molar-refractivity contribution is 5.82. The van der Waals surface area contributed by atoms with E-state index in [0.717, 1.165) is 18.0 Å². The molecule has 5 rings (SSSR count). The van der Waals surface area contributed by atoms with E-state index in [0.29, 0.717) is 0 Å². The zero-order valence-electron chi connectivity index (χ0n) is 22.1. The van der Waals surface area contributed by atoms with Gasteiger partial charge in [-0.3, -0.25) is 0 Å². The summed E-state index contributed by atoms with van der Waals surface area (Å²) < 4.78 is 9.82. The predicted molar refractivity (Wildman–Crippen MR) is 146 cm³/mol. The molecule has 0 saturated carbocycles. The summed E-state index contributed by atoms with van der Waals surface area (Å²) in [6.07, 6.45) is 15.5. The molecule has 2 aromatic carbocycles. The summed E-state index contributed by atoms with van der Waals surface area (Å²) in [5, 5.41) is 0. The second-order valence-corrected chi connectivity index (χ2v) is 10.5. The average molecular weight is 479 g/mol. The van der Waals surface area contributed by atoms with Crippen LogP contribution in [-0.2, 0) is 12.0 Å². The molecule has 3 heteroatoms. The molecule has 2 heterocycles. The van der Waals surface area contributed by atoms with Crippen LogP contribution in [0.5, 0.6) is 5.75 Å². The number of methoxy groups -OCH3 is 1. The monoisotopic (exact) mass is 478 g/mol. The molecule has 0 N–H and O–H groups in total. The topological polar surface area (TPSA) is 17.0 Å². The third kappa shape index (κ3) is 4.67. The Morgan fingerprint density at radius 2 is 1.44 bits per heavy atom. The van der Waals surface area contributed by atoms with Gasteiger partial charge in [0.1, 0.15) is 12.3 Å². The molecule has 2 aromatic heterocycles. The fourth-order valence-corrected chi connectivity index (χ4v) is 5.47. The second-order valence-electron chi connectivity index (χ2n) is 10.5. The van der Waals surface area contributed by atoms with Crippen LogP contribution in [0.1, 0.15) is 64.0 Å². The minimum absolute atomic E-state index is 0.0102. The van der Waals surface area contributed by atoms with Crippen LogP contribution in [0.2, 0.25) is 0 Å². The number of aryl methyl sites for hydroxylation is 1. The van der Waals surface area contributed by atoms with Crippen molar-refractivity contribution >= 4 is 0 Å². The lowest BCUT2D eigenvalue weighted by atomic mass is 9.82. The first-order chi connectivity index (χ1) is 17.5. The van der Waals surface area contributed by atoms with Crippen molar-refractivity contribution in [3.8, 4) is 33.7 Å². The fraction of sp³-hybridized carbons (Fsp3) is 0.333. The highest BCUT2D eigenvalue weighted by Gasteiger charge is 2.37. The van der Waals surface area contributed by atoms with E-state index in [9.17, 15) is 0 Å². The van der Waals surface area contributed by atoms with Gasteiger partial charge in [-0.15, -0.1) is 0 Å². The maximum absolute atomic E-state index is 5.28. The Hall–Kier alpha value is -3.46. The normalized spacial score (nSPS) is 13.3.